The molecule has 3 atom stereocenters. The van der Waals surface area contributed by atoms with Crippen LogP contribution in [0.3, 0.4) is 0 Å². The van der Waals surface area contributed by atoms with Crippen molar-refractivity contribution >= 4 is 11.8 Å². The van der Waals surface area contributed by atoms with Crippen molar-refractivity contribution in [3.8, 4) is 5.75 Å². The highest BCUT2D eigenvalue weighted by atomic mass is 16.5. The van der Waals surface area contributed by atoms with Crippen LogP contribution in [0.2, 0.25) is 0 Å². The summed E-state index contributed by atoms with van der Waals surface area (Å²) in [6.45, 7) is 2.42. The minimum atomic E-state index is 0.193. The Bertz CT molecular complexity index is 675. The Balaban J connectivity index is 1.44. The number of piperidine rings is 3. The van der Waals surface area contributed by atoms with Gasteiger partial charge < -0.3 is 14.5 Å². The Kier molecular flexibility index (Phi) is 4.40. The molecule has 1 aromatic carbocycles. The van der Waals surface area contributed by atoms with Crippen LogP contribution in [0.1, 0.15) is 31.2 Å². The van der Waals surface area contributed by atoms with Crippen LogP contribution in [0, 0.1) is 11.8 Å². The molecule has 2 bridgehead atoms. The third kappa shape index (κ3) is 3.24. The second-order valence-electron chi connectivity index (χ2n) is 7.69. The van der Waals surface area contributed by atoms with E-state index in [9.17, 15) is 9.59 Å². The smallest absolute Gasteiger partial charge is 0.227 e. The van der Waals surface area contributed by atoms with Gasteiger partial charge in [0.05, 0.1) is 13.5 Å². The number of ether oxygens (including phenoxy) is 1. The lowest BCUT2D eigenvalue weighted by Gasteiger charge is -2.52. The van der Waals surface area contributed by atoms with Gasteiger partial charge in [-0.05, 0) is 48.8 Å². The molecule has 0 radical (unpaired) electrons. The molecular formula is C20H26N2O3. The molecule has 0 saturated carbocycles. The molecule has 3 saturated heterocycles. The van der Waals surface area contributed by atoms with Gasteiger partial charge in [-0.3, -0.25) is 9.59 Å². The molecule has 0 spiro atoms. The third-order valence-electron chi connectivity index (χ3n) is 6.02. The number of carbonyl (C=O) groups is 2. The van der Waals surface area contributed by atoms with Crippen LogP contribution >= 0.6 is 0 Å². The summed E-state index contributed by atoms with van der Waals surface area (Å²) in [5, 5.41) is 0. The fourth-order valence-electron chi connectivity index (χ4n) is 4.88. The summed E-state index contributed by atoms with van der Waals surface area (Å²) in [5.74, 6) is 2.19. The van der Waals surface area contributed by atoms with Gasteiger partial charge in [0, 0.05) is 32.1 Å². The van der Waals surface area contributed by atoms with E-state index in [1.54, 1.807) is 7.11 Å². The molecule has 3 fully saturated rings. The van der Waals surface area contributed by atoms with Crippen LogP contribution in [0.25, 0.3) is 0 Å². The van der Waals surface area contributed by atoms with Crippen molar-refractivity contribution in [1.29, 1.82) is 0 Å². The van der Waals surface area contributed by atoms with Crippen LogP contribution in [-0.4, -0.2) is 54.4 Å². The van der Waals surface area contributed by atoms with Crippen LogP contribution in [0.4, 0.5) is 0 Å². The highest BCUT2D eigenvalue weighted by Gasteiger charge is 2.44. The molecule has 4 rings (SSSR count). The normalized spacial score (nSPS) is 28.5. The zero-order valence-corrected chi connectivity index (χ0v) is 14.8. The number of benzene rings is 1. The van der Waals surface area contributed by atoms with E-state index in [-0.39, 0.29) is 5.91 Å². The first-order valence-electron chi connectivity index (χ1n) is 9.34. The lowest BCUT2D eigenvalue weighted by atomic mass is 9.76. The van der Waals surface area contributed by atoms with E-state index in [2.05, 4.69) is 4.90 Å². The highest BCUT2D eigenvalue weighted by Crippen LogP contribution is 2.38. The number of carbonyl (C=O) groups excluding carboxylic acids is 2. The Labute approximate surface area is 148 Å². The van der Waals surface area contributed by atoms with Crippen molar-refractivity contribution in [2.45, 2.75) is 38.1 Å². The Morgan fingerprint density at radius 3 is 3.00 bits per heavy atom. The van der Waals surface area contributed by atoms with Gasteiger partial charge in [-0.2, -0.15) is 0 Å². The standard InChI is InChI=1S/C20H26N2O3/c1-25-17-5-2-4-14(9-17)10-20(24)21-11-15-8-16(13-21)18-6-3-7-19(23)22(18)12-15/h2,4-5,9,15-16,18H,3,6-8,10-13H2,1H3/t15-,16-,18-/m1/s1. The van der Waals surface area contributed by atoms with E-state index >= 15 is 0 Å². The van der Waals surface area contributed by atoms with E-state index in [0.29, 0.717) is 36.6 Å². The largest absolute Gasteiger partial charge is 0.497 e. The summed E-state index contributed by atoms with van der Waals surface area (Å²) in [6, 6.07) is 8.09. The number of hydrogen-bond donors (Lipinski definition) is 0. The van der Waals surface area contributed by atoms with Crippen LogP contribution < -0.4 is 4.74 Å². The SMILES string of the molecule is COc1cccc(CC(=O)N2C[C@H]3C[C@H](C2)[C@H]2CCCC(=O)N2C3)c1. The summed E-state index contributed by atoms with van der Waals surface area (Å²) in [6.07, 6.45) is 4.38. The topological polar surface area (TPSA) is 49.9 Å². The first-order chi connectivity index (χ1) is 12.1. The molecule has 3 aliphatic heterocycles. The minimum Gasteiger partial charge on any atom is -0.497 e. The van der Waals surface area contributed by atoms with Gasteiger partial charge in [0.2, 0.25) is 11.8 Å². The van der Waals surface area contributed by atoms with Gasteiger partial charge in [-0.1, -0.05) is 12.1 Å². The van der Waals surface area contributed by atoms with Crippen molar-refractivity contribution in [2.24, 2.45) is 11.8 Å². The molecule has 0 N–H and O–H groups in total. The predicted molar refractivity (Wildman–Crippen MR) is 94.2 cm³/mol. The first kappa shape index (κ1) is 16.4. The number of amides is 2. The number of fused-ring (bicyclic) bond motifs is 4. The Hall–Kier alpha value is -2.04. The van der Waals surface area contributed by atoms with E-state index in [0.717, 1.165) is 50.2 Å². The molecule has 3 heterocycles. The fourth-order valence-corrected chi connectivity index (χ4v) is 4.88. The van der Waals surface area contributed by atoms with Gasteiger partial charge in [-0.25, -0.2) is 0 Å². The number of likely N-dealkylation sites (tertiary alicyclic amines) is 1. The lowest BCUT2D eigenvalue weighted by molar-refractivity contribution is -0.148. The van der Waals surface area contributed by atoms with Crippen LogP contribution in [0.5, 0.6) is 5.75 Å². The molecule has 2 amide bonds. The maximum Gasteiger partial charge on any atom is 0.227 e. The zero-order valence-electron chi connectivity index (χ0n) is 14.8. The molecule has 0 unspecified atom stereocenters. The first-order valence-corrected chi connectivity index (χ1v) is 9.34. The second kappa shape index (κ2) is 6.70. The average molecular weight is 342 g/mol. The summed E-state index contributed by atoms with van der Waals surface area (Å²) < 4.78 is 5.25. The maximum atomic E-state index is 12.8. The monoisotopic (exact) mass is 342 g/mol. The van der Waals surface area contributed by atoms with Gasteiger partial charge in [0.1, 0.15) is 5.75 Å². The number of rotatable bonds is 3. The van der Waals surface area contributed by atoms with Crippen LogP contribution in [-0.2, 0) is 16.0 Å². The number of hydrogen-bond acceptors (Lipinski definition) is 3. The molecule has 5 nitrogen and oxygen atoms in total. The van der Waals surface area contributed by atoms with Crippen molar-refractivity contribution in [1.82, 2.24) is 9.80 Å². The van der Waals surface area contributed by atoms with E-state index in [1.807, 2.05) is 29.2 Å². The molecule has 3 aliphatic rings. The highest BCUT2D eigenvalue weighted by molar-refractivity contribution is 5.79. The van der Waals surface area contributed by atoms with E-state index < -0.39 is 0 Å². The molecule has 1 aromatic rings. The van der Waals surface area contributed by atoms with Crippen molar-refractivity contribution < 1.29 is 14.3 Å². The Morgan fingerprint density at radius 2 is 2.16 bits per heavy atom. The average Bonchev–Trinajstić information content (AvgIpc) is 2.62. The van der Waals surface area contributed by atoms with Crippen molar-refractivity contribution in [2.75, 3.05) is 26.7 Å². The maximum absolute atomic E-state index is 12.8. The van der Waals surface area contributed by atoms with Crippen molar-refractivity contribution in [3.05, 3.63) is 29.8 Å². The zero-order chi connectivity index (χ0) is 17.4. The third-order valence-corrected chi connectivity index (χ3v) is 6.02. The molecule has 0 aliphatic carbocycles. The minimum absolute atomic E-state index is 0.193. The Morgan fingerprint density at radius 1 is 1.28 bits per heavy atom. The molecule has 25 heavy (non-hydrogen) atoms. The summed E-state index contributed by atoms with van der Waals surface area (Å²) >= 11 is 0. The second-order valence-corrected chi connectivity index (χ2v) is 7.69. The van der Waals surface area contributed by atoms with Crippen molar-refractivity contribution in [3.63, 3.8) is 0 Å². The number of methoxy groups -OCH3 is 1. The number of nitrogens with zero attached hydrogens (tertiary/aromatic N) is 2. The van der Waals surface area contributed by atoms with Crippen LogP contribution in [0.15, 0.2) is 24.3 Å². The summed E-state index contributed by atoms with van der Waals surface area (Å²) in [4.78, 5) is 29.2. The van der Waals surface area contributed by atoms with Gasteiger partial charge in [-0.15, -0.1) is 0 Å². The summed E-state index contributed by atoms with van der Waals surface area (Å²) in [5.41, 5.74) is 0.995. The van der Waals surface area contributed by atoms with Gasteiger partial charge in [0.15, 0.2) is 0 Å². The predicted octanol–water partition coefficient (Wildman–Crippen LogP) is 2.10. The molecule has 0 aromatic heterocycles. The van der Waals surface area contributed by atoms with Gasteiger partial charge in [0.25, 0.3) is 0 Å². The lowest BCUT2D eigenvalue weighted by Crippen LogP contribution is -2.61. The van der Waals surface area contributed by atoms with E-state index in [4.69, 9.17) is 4.74 Å². The molecule has 5 heteroatoms. The van der Waals surface area contributed by atoms with E-state index in [1.165, 1.54) is 0 Å². The quantitative estimate of drug-likeness (QED) is 0.845. The molecule has 134 valence electrons. The van der Waals surface area contributed by atoms with Gasteiger partial charge >= 0.3 is 0 Å². The fraction of sp³-hybridized carbons (Fsp3) is 0.600. The molecular weight excluding hydrogens is 316 g/mol. The summed E-state index contributed by atoms with van der Waals surface area (Å²) in [7, 11) is 1.64.